The van der Waals surface area contributed by atoms with E-state index in [9.17, 15) is 0 Å². The summed E-state index contributed by atoms with van der Waals surface area (Å²) in [5, 5.41) is 3.37. The van der Waals surface area contributed by atoms with E-state index in [1.165, 1.54) is 0 Å². The zero-order chi connectivity index (χ0) is 15.1. The monoisotopic (exact) mass is 281 g/mol. The molecule has 0 amide bonds. The number of nitrogens with zero attached hydrogens (tertiary/aromatic N) is 2. The van der Waals surface area contributed by atoms with Crippen molar-refractivity contribution in [2.45, 2.75) is 73.0 Å². The SMILES string of the molecule is CCC(CC)N(CC(C)C)c1nc(CNC(C)C)co1. The third kappa shape index (κ3) is 5.16. The Hall–Kier alpha value is -1.03. The van der Waals surface area contributed by atoms with Gasteiger partial charge in [-0.2, -0.15) is 4.98 Å². The lowest BCUT2D eigenvalue weighted by molar-refractivity contribution is 0.447. The maximum absolute atomic E-state index is 5.72. The molecule has 0 atom stereocenters. The van der Waals surface area contributed by atoms with E-state index in [0.717, 1.165) is 37.6 Å². The van der Waals surface area contributed by atoms with Crippen LogP contribution in [0.15, 0.2) is 10.7 Å². The van der Waals surface area contributed by atoms with Crippen LogP contribution in [0.3, 0.4) is 0 Å². The van der Waals surface area contributed by atoms with Gasteiger partial charge < -0.3 is 14.6 Å². The highest BCUT2D eigenvalue weighted by atomic mass is 16.4. The van der Waals surface area contributed by atoms with Crippen molar-refractivity contribution in [3.05, 3.63) is 12.0 Å². The summed E-state index contributed by atoms with van der Waals surface area (Å²) in [5.41, 5.74) is 0.980. The van der Waals surface area contributed by atoms with Gasteiger partial charge in [0.05, 0.1) is 5.69 Å². The summed E-state index contributed by atoms with van der Waals surface area (Å²) in [7, 11) is 0. The van der Waals surface area contributed by atoms with E-state index in [1.807, 2.05) is 0 Å². The molecule has 0 radical (unpaired) electrons. The quantitative estimate of drug-likeness (QED) is 0.747. The van der Waals surface area contributed by atoms with Crippen molar-refractivity contribution in [2.24, 2.45) is 5.92 Å². The molecule has 0 aliphatic heterocycles. The summed E-state index contributed by atoms with van der Waals surface area (Å²) < 4.78 is 5.72. The molecular formula is C16H31N3O. The average molecular weight is 281 g/mol. The number of anilines is 1. The van der Waals surface area contributed by atoms with Crippen LogP contribution >= 0.6 is 0 Å². The van der Waals surface area contributed by atoms with Crippen molar-refractivity contribution in [3.63, 3.8) is 0 Å². The minimum absolute atomic E-state index is 0.459. The van der Waals surface area contributed by atoms with Crippen molar-refractivity contribution in [1.82, 2.24) is 10.3 Å². The number of hydrogen-bond donors (Lipinski definition) is 1. The number of aromatic nitrogens is 1. The minimum atomic E-state index is 0.459. The second kappa shape index (κ2) is 8.30. The Kier molecular flexibility index (Phi) is 7.06. The molecule has 4 heteroatoms. The molecule has 0 spiro atoms. The van der Waals surface area contributed by atoms with Crippen LogP contribution in [0.2, 0.25) is 0 Å². The van der Waals surface area contributed by atoms with Gasteiger partial charge in [-0.3, -0.25) is 0 Å². The van der Waals surface area contributed by atoms with Gasteiger partial charge in [-0.25, -0.2) is 0 Å². The van der Waals surface area contributed by atoms with E-state index in [-0.39, 0.29) is 0 Å². The average Bonchev–Trinajstić information content (AvgIpc) is 2.84. The van der Waals surface area contributed by atoms with Gasteiger partial charge in [0, 0.05) is 25.2 Å². The molecule has 116 valence electrons. The number of hydrogen-bond acceptors (Lipinski definition) is 4. The topological polar surface area (TPSA) is 41.3 Å². The summed E-state index contributed by atoms with van der Waals surface area (Å²) in [6.07, 6.45) is 4.01. The first-order chi connectivity index (χ1) is 9.47. The molecular weight excluding hydrogens is 250 g/mol. The molecule has 1 rings (SSSR count). The fraction of sp³-hybridized carbons (Fsp3) is 0.812. The standard InChI is InChI=1S/C16H31N3O/c1-7-15(8-2)19(10-12(3)4)16-18-14(11-20-16)9-17-13(5)6/h11-13,15,17H,7-10H2,1-6H3. The largest absolute Gasteiger partial charge is 0.432 e. The normalized spacial score (nSPS) is 11.8. The highest BCUT2D eigenvalue weighted by Crippen LogP contribution is 2.21. The van der Waals surface area contributed by atoms with Crippen LogP contribution < -0.4 is 10.2 Å². The lowest BCUT2D eigenvalue weighted by Gasteiger charge is -2.30. The van der Waals surface area contributed by atoms with Gasteiger partial charge >= 0.3 is 0 Å². The van der Waals surface area contributed by atoms with Crippen LogP contribution in [0.4, 0.5) is 6.01 Å². The molecule has 20 heavy (non-hydrogen) atoms. The van der Waals surface area contributed by atoms with Crippen LogP contribution in [0.25, 0.3) is 0 Å². The molecule has 0 saturated carbocycles. The summed E-state index contributed by atoms with van der Waals surface area (Å²) in [6.45, 7) is 15.0. The van der Waals surface area contributed by atoms with Gasteiger partial charge in [0.25, 0.3) is 6.01 Å². The molecule has 1 N–H and O–H groups in total. The van der Waals surface area contributed by atoms with Gasteiger partial charge in [-0.15, -0.1) is 0 Å². The van der Waals surface area contributed by atoms with E-state index in [2.05, 4.69) is 56.7 Å². The highest BCUT2D eigenvalue weighted by Gasteiger charge is 2.21. The zero-order valence-electron chi connectivity index (χ0n) is 13.9. The first kappa shape index (κ1) is 17.0. The molecule has 0 unspecified atom stereocenters. The molecule has 0 fully saturated rings. The van der Waals surface area contributed by atoms with Crippen LogP contribution in [0.1, 0.15) is 60.1 Å². The zero-order valence-corrected chi connectivity index (χ0v) is 13.9. The van der Waals surface area contributed by atoms with Crippen LogP contribution in [-0.4, -0.2) is 23.6 Å². The molecule has 1 heterocycles. The molecule has 0 aliphatic rings. The third-order valence-corrected chi connectivity index (χ3v) is 3.42. The fourth-order valence-electron chi connectivity index (χ4n) is 2.32. The first-order valence-electron chi connectivity index (χ1n) is 7.92. The molecule has 0 aliphatic carbocycles. The molecule has 1 aromatic rings. The number of rotatable bonds is 9. The first-order valence-corrected chi connectivity index (χ1v) is 7.92. The second-order valence-corrected chi connectivity index (χ2v) is 6.17. The second-order valence-electron chi connectivity index (χ2n) is 6.17. The molecule has 0 saturated heterocycles. The Labute approximate surface area is 123 Å². The highest BCUT2D eigenvalue weighted by molar-refractivity contribution is 5.29. The summed E-state index contributed by atoms with van der Waals surface area (Å²) in [5.74, 6) is 0.597. The van der Waals surface area contributed by atoms with Crippen molar-refractivity contribution < 1.29 is 4.42 Å². The maximum atomic E-state index is 5.72. The van der Waals surface area contributed by atoms with E-state index in [0.29, 0.717) is 18.0 Å². The van der Waals surface area contributed by atoms with Gasteiger partial charge in [-0.05, 0) is 18.8 Å². The predicted molar refractivity (Wildman–Crippen MR) is 85.0 cm³/mol. The lowest BCUT2D eigenvalue weighted by atomic mass is 10.1. The molecule has 1 aromatic heterocycles. The number of oxazole rings is 1. The van der Waals surface area contributed by atoms with E-state index in [4.69, 9.17) is 4.42 Å². The third-order valence-electron chi connectivity index (χ3n) is 3.42. The molecule has 4 nitrogen and oxygen atoms in total. The smallest absolute Gasteiger partial charge is 0.297 e. The van der Waals surface area contributed by atoms with Gasteiger partial charge in [-0.1, -0.05) is 41.5 Å². The van der Waals surface area contributed by atoms with Crippen LogP contribution in [-0.2, 0) is 6.54 Å². The maximum Gasteiger partial charge on any atom is 0.297 e. The van der Waals surface area contributed by atoms with Crippen molar-refractivity contribution >= 4 is 6.01 Å². The van der Waals surface area contributed by atoms with Crippen molar-refractivity contribution in [2.75, 3.05) is 11.4 Å². The Morgan fingerprint density at radius 3 is 2.35 bits per heavy atom. The van der Waals surface area contributed by atoms with Gasteiger partial charge in [0.2, 0.25) is 0 Å². The summed E-state index contributed by atoms with van der Waals surface area (Å²) in [6, 6.07) is 1.73. The Balaban J connectivity index is 2.79. The Morgan fingerprint density at radius 2 is 1.85 bits per heavy atom. The number of nitrogens with one attached hydrogen (secondary N) is 1. The van der Waals surface area contributed by atoms with Crippen LogP contribution in [0.5, 0.6) is 0 Å². The summed E-state index contributed by atoms with van der Waals surface area (Å²) in [4.78, 5) is 6.97. The van der Waals surface area contributed by atoms with Crippen LogP contribution in [0, 0.1) is 5.92 Å². The van der Waals surface area contributed by atoms with Gasteiger partial charge in [0.1, 0.15) is 6.26 Å². The lowest BCUT2D eigenvalue weighted by Crippen LogP contribution is -2.37. The predicted octanol–water partition coefficient (Wildman–Crippen LogP) is 3.82. The van der Waals surface area contributed by atoms with E-state index >= 15 is 0 Å². The Bertz CT molecular complexity index is 370. The Morgan fingerprint density at radius 1 is 1.20 bits per heavy atom. The molecule has 0 aromatic carbocycles. The minimum Gasteiger partial charge on any atom is -0.432 e. The van der Waals surface area contributed by atoms with E-state index in [1.54, 1.807) is 6.26 Å². The molecule has 0 bridgehead atoms. The fourth-order valence-corrected chi connectivity index (χ4v) is 2.32. The van der Waals surface area contributed by atoms with Gasteiger partial charge in [0.15, 0.2) is 0 Å². The summed E-state index contributed by atoms with van der Waals surface area (Å²) >= 11 is 0. The van der Waals surface area contributed by atoms with Crippen molar-refractivity contribution in [3.8, 4) is 0 Å². The van der Waals surface area contributed by atoms with E-state index < -0.39 is 0 Å². The van der Waals surface area contributed by atoms with Crippen molar-refractivity contribution in [1.29, 1.82) is 0 Å².